The molecule has 0 saturated carbocycles. The van der Waals surface area contributed by atoms with Gasteiger partial charge in [0.2, 0.25) is 5.79 Å². The molecule has 500 valence electrons. The highest BCUT2D eigenvalue weighted by Gasteiger charge is 2.48. The predicted molar refractivity (Wildman–Crippen MR) is 404 cm³/mol. The minimum atomic E-state index is -1.87. The number of benzene rings is 7. The molecule has 7 aromatic carbocycles. The largest absolute Gasteiger partial charge is 0.505 e. The van der Waals surface area contributed by atoms with Crippen molar-refractivity contribution in [1.82, 2.24) is 9.13 Å². The van der Waals surface area contributed by atoms with Crippen molar-refractivity contribution in [3.8, 4) is 28.3 Å². The summed E-state index contributed by atoms with van der Waals surface area (Å²) in [6.07, 6.45) is 7.45. The van der Waals surface area contributed by atoms with Crippen LogP contribution < -0.4 is 4.74 Å². The van der Waals surface area contributed by atoms with E-state index in [1.54, 1.807) is 0 Å². The van der Waals surface area contributed by atoms with E-state index in [0.717, 1.165) is 89.8 Å². The molecular weight excluding hydrogens is 1200 g/mol. The second kappa shape index (κ2) is 24.7. The molecule has 0 aliphatic heterocycles. The Bertz CT molecular complexity index is 4300. The van der Waals surface area contributed by atoms with Crippen molar-refractivity contribution in [2.24, 2.45) is 16.2 Å². The number of fused-ring (bicyclic) bond motifs is 6. The monoisotopic (exact) mass is 1300 g/mol. The van der Waals surface area contributed by atoms with Crippen LogP contribution in [0.5, 0.6) is 11.5 Å². The van der Waals surface area contributed by atoms with Gasteiger partial charge < -0.3 is 28.8 Å². The smallest absolute Gasteiger partial charge is 0.218 e. The summed E-state index contributed by atoms with van der Waals surface area (Å²) in [6.45, 7) is 54.9. The molecule has 0 bridgehead atoms. The van der Waals surface area contributed by atoms with Crippen molar-refractivity contribution in [2.75, 3.05) is 13.2 Å². The van der Waals surface area contributed by atoms with E-state index < -0.39 is 11.8 Å². The number of aromatic hydroxyl groups is 1. The number of phenolic OH excluding ortho intramolecular Hbond substituents is 1. The summed E-state index contributed by atoms with van der Waals surface area (Å²) in [7, 11) is 0. The number of aliphatic hydroxyl groups is 1. The number of unbranched alkanes of at least 4 members (excludes halogenated alkanes) is 1. The first-order valence-corrected chi connectivity index (χ1v) is 35.1. The number of aromatic nitrogens is 2. The van der Waals surface area contributed by atoms with E-state index in [0.29, 0.717) is 52.1 Å². The van der Waals surface area contributed by atoms with Gasteiger partial charge in [-0.1, -0.05) is 212 Å². The molecule has 0 spiro atoms. The SMILES string of the molecule is Cc1cc(Cl)cc(C2=CC(C(C)(C)CC(C)(C)C)=CC(n3c4ccc(C(C)(C)C)cc4c4cc(C(C)(C)C)ccc43)C2(O)OCCCCOc2c(C)cc(Cl)cc2-c2cc(C(C)(C)CC(C)(C)C)cc(-n3c4ccc(C(C)(C)C)cc4c4cc(C(C)(C)C)ccc43)c2O)c1. The van der Waals surface area contributed by atoms with Crippen LogP contribution >= 0.6 is 23.2 Å². The van der Waals surface area contributed by atoms with Crippen molar-refractivity contribution < 1.29 is 19.7 Å². The van der Waals surface area contributed by atoms with E-state index in [1.807, 2.05) is 31.2 Å². The first-order chi connectivity index (χ1) is 43.3. The van der Waals surface area contributed by atoms with Crippen molar-refractivity contribution >= 4 is 72.4 Å². The lowest BCUT2D eigenvalue weighted by atomic mass is 9.68. The van der Waals surface area contributed by atoms with Crippen LogP contribution in [0.2, 0.25) is 10.0 Å². The topological polar surface area (TPSA) is 68.8 Å². The van der Waals surface area contributed by atoms with Gasteiger partial charge in [-0.3, -0.25) is 0 Å². The first-order valence-electron chi connectivity index (χ1n) is 34.3. The Morgan fingerprint density at radius 1 is 0.479 bits per heavy atom. The lowest BCUT2D eigenvalue weighted by Gasteiger charge is -2.44. The second-order valence-electron chi connectivity index (χ2n) is 35.6. The highest BCUT2D eigenvalue weighted by atomic mass is 35.5. The van der Waals surface area contributed by atoms with Crippen molar-refractivity contribution in [2.45, 2.75) is 231 Å². The lowest BCUT2D eigenvalue weighted by molar-refractivity contribution is -0.178. The van der Waals surface area contributed by atoms with Crippen LogP contribution in [0.15, 0.2) is 133 Å². The summed E-state index contributed by atoms with van der Waals surface area (Å²) in [4.78, 5) is 0. The van der Waals surface area contributed by atoms with Crippen molar-refractivity contribution in [1.29, 1.82) is 0 Å². The summed E-state index contributed by atoms with van der Waals surface area (Å²) in [5.74, 6) is -1.07. The van der Waals surface area contributed by atoms with Gasteiger partial charge in [-0.05, 0) is 224 Å². The Morgan fingerprint density at radius 3 is 1.39 bits per heavy atom. The molecule has 0 fully saturated rings. The normalized spacial score (nSPS) is 16.6. The van der Waals surface area contributed by atoms with E-state index in [2.05, 4.69) is 272 Å². The fraction of sp³-hybridized carbons (Fsp3) is 0.465. The van der Waals surface area contributed by atoms with Gasteiger partial charge in [-0.2, -0.15) is 0 Å². The Hall–Kier alpha value is -6.28. The Kier molecular flexibility index (Phi) is 18.5. The molecule has 8 heteroatoms. The maximum Gasteiger partial charge on any atom is 0.218 e. The van der Waals surface area contributed by atoms with Crippen LogP contribution in [0, 0.1) is 30.1 Å². The number of allylic oxidation sites excluding steroid dienone is 2. The van der Waals surface area contributed by atoms with Crippen LogP contribution in [0.3, 0.4) is 0 Å². The zero-order valence-corrected chi connectivity index (χ0v) is 62.8. The standard InChI is InChI=1S/C86H108Cl2N2O4/c1-52-37-54(40-61(87)38-52)69-46-60(85(23,24)51-79(6,7)8)48-75(90-72-33-29-57(82(15,16)17)43-65(72)66-44-58(83(18,19)20)30-34-73(66)90)86(69,92)94-36-26-25-35-93-77-53(2)39-62(88)49-68(77)67-45-59(84(21,22)50-78(3,4)5)47-74(76(67)91)89-70-31-27-55(80(9,10)11)41-63(70)64-42-56(81(12,13)14)28-32-71(64)89/h27-34,37-49,75,91-92H,25-26,35-36,50-51H2,1-24H3. The van der Waals surface area contributed by atoms with Crippen LogP contribution in [0.25, 0.3) is 66.0 Å². The molecule has 0 amide bonds. The molecule has 2 aromatic heterocycles. The molecule has 0 radical (unpaired) electrons. The molecule has 94 heavy (non-hydrogen) atoms. The maximum atomic E-state index is 14.3. The third-order valence-electron chi connectivity index (χ3n) is 19.6. The number of phenols is 1. The van der Waals surface area contributed by atoms with E-state index in [-0.39, 0.29) is 55.7 Å². The summed E-state index contributed by atoms with van der Waals surface area (Å²) < 4.78 is 18.9. The molecule has 10 rings (SSSR count). The molecule has 2 atom stereocenters. The van der Waals surface area contributed by atoms with Gasteiger partial charge in [0.15, 0.2) is 0 Å². The fourth-order valence-corrected chi connectivity index (χ4v) is 15.8. The Labute approximate surface area is 573 Å². The molecule has 2 N–H and O–H groups in total. The average molecular weight is 1300 g/mol. The van der Waals surface area contributed by atoms with Gasteiger partial charge in [0, 0.05) is 59.3 Å². The van der Waals surface area contributed by atoms with E-state index in [9.17, 15) is 10.2 Å². The molecular formula is C86H108Cl2N2O4. The summed E-state index contributed by atoms with van der Waals surface area (Å²) in [6, 6.07) is 41.0. The van der Waals surface area contributed by atoms with Crippen molar-refractivity contribution in [3.05, 3.63) is 188 Å². The van der Waals surface area contributed by atoms with Crippen LogP contribution in [0.4, 0.5) is 0 Å². The van der Waals surface area contributed by atoms with Crippen LogP contribution in [-0.4, -0.2) is 38.3 Å². The molecule has 9 aromatic rings. The Morgan fingerprint density at radius 2 is 0.926 bits per heavy atom. The average Bonchev–Trinajstić information content (AvgIpc) is 1.43. The number of ether oxygens (including phenoxy) is 2. The van der Waals surface area contributed by atoms with E-state index in [1.165, 1.54) is 22.3 Å². The predicted octanol–water partition coefficient (Wildman–Crippen LogP) is 24.7. The summed E-state index contributed by atoms with van der Waals surface area (Å²) >= 11 is 14.1. The van der Waals surface area contributed by atoms with Gasteiger partial charge in [-0.25, -0.2) is 0 Å². The van der Waals surface area contributed by atoms with E-state index in [4.69, 9.17) is 32.7 Å². The minimum Gasteiger partial charge on any atom is -0.505 e. The number of hydrogen-bond acceptors (Lipinski definition) is 4. The van der Waals surface area contributed by atoms with Crippen LogP contribution in [0.1, 0.15) is 229 Å². The number of hydrogen-bond donors (Lipinski definition) is 2. The van der Waals surface area contributed by atoms with Crippen molar-refractivity contribution in [3.63, 3.8) is 0 Å². The summed E-state index contributed by atoms with van der Waals surface area (Å²) in [5.41, 5.74) is 15.8. The number of halogens is 2. The third kappa shape index (κ3) is 14.3. The zero-order chi connectivity index (χ0) is 69.2. The second-order valence-corrected chi connectivity index (χ2v) is 36.5. The minimum absolute atomic E-state index is 0.00620. The summed E-state index contributed by atoms with van der Waals surface area (Å²) in [5, 5.41) is 33.3. The van der Waals surface area contributed by atoms with Gasteiger partial charge in [0.05, 0.1) is 29.9 Å². The number of nitrogens with zero attached hydrogens (tertiary/aromatic N) is 2. The molecule has 1 aliphatic carbocycles. The van der Waals surface area contributed by atoms with Gasteiger partial charge in [0.25, 0.3) is 0 Å². The molecule has 0 saturated heterocycles. The molecule has 2 unspecified atom stereocenters. The maximum absolute atomic E-state index is 14.3. The zero-order valence-electron chi connectivity index (χ0n) is 61.3. The van der Waals surface area contributed by atoms with E-state index >= 15 is 0 Å². The number of rotatable bonds is 15. The van der Waals surface area contributed by atoms with Gasteiger partial charge in [-0.15, -0.1) is 0 Å². The van der Waals surface area contributed by atoms with Gasteiger partial charge in [0.1, 0.15) is 17.5 Å². The first kappa shape index (κ1) is 70.5. The highest BCUT2D eigenvalue weighted by molar-refractivity contribution is 6.31. The number of aryl methyl sites for hydroxylation is 2. The molecule has 6 nitrogen and oxygen atoms in total. The lowest BCUT2D eigenvalue weighted by Crippen LogP contribution is -2.45. The molecule has 1 aliphatic rings. The Balaban J connectivity index is 1.06. The van der Waals surface area contributed by atoms with Gasteiger partial charge >= 0.3 is 0 Å². The highest BCUT2D eigenvalue weighted by Crippen LogP contribution is 2.54. The fourth-order valence-electron chi connectivity index (χ4n) is 15.2. The molecule has 2 heterocycles. The third-order valence-corrected chi connectivity index (χ3v) is 20.0. The quantitative estimate of drug-likeness (QED) is 0.0793. The van der Waals surface area contributed by atoms with Crippen LogP contribution in [-0.2, 0) is 31.8 Å².